The van der Waals surface area contributed by atoms with E-state index in [1.165, 1.54) is 0 Å². The summed E-state index contributed by atoms with van der Waals surface area (Å²) >= 11 is 0. The first-order valence-electron chi connectivity index (χ1n) is 9.52. The zero-order valence-electron chi connectivity index (χ0n) is 16.4. The minimum Gasteiger partial charge on any atom is -0.329 e. The van der Waals surface area contributed by atoms with Crippen LogP contribution in [0.1, 0.15) is 27.2 Å². The highest BCUT2D eigenvalue weighted by molar-refractivity contribution is 5.95. The lowest BCUT2D eigenvalue weighted by molar-refractivity contribution is 0.0724. The lowest BCUT2D eigenvalue weighted by atomic mass is 10.1. The molecule has 1 amide bonds. The van der Waals surface area contributed by atoms with Crippen LogP contribution in [0.15, 0.2) is 76.3 Å². The van der Waals surface area contributed by atoms with Gasteiger partial charge < -0.3 is 4.90 Å². The fourth-order valence-electron chi connectivity index (χ4n) is 3.43. The summed E-state index contributed by atoms with van der Waals surface area (Å²) in [5, 5.41) is 0.267. The van der Waals surface area contributed by atoms with Crippen molar-refractivity contribution in [3.05, 3.63) is 110 Å². The Hall–Kier alpha value is -4.00. The summed E-state index contributed by atoms with van der Waals surface area (Å²) in [4.78, 5) is 47.9. The van der Waals surface area contributed by atoms with Crippen molar-refractivity contribution in [2.24, 2.45) is 0 Å². The fourth-order valence-corrected chi connectivity index (χ4v) is 3.43. The Bertz CT molecular complexity index is 1270. The van der Waals surface area contributed by atoms with Gasteiger partial charge in [0.2, 0.25) is 0 Å². The van der Waals surface area contributed by atoms with Gasteiger partial charge >= 0.3 is 5.69 Å². The molecule has 0 bridgehead atoms. The molecule has 0 saturated heterocycles. The number of nitrogens with one attached hydrogen (secondary N) is 2. The number of nitrogens with zero attached hydrogens (tertiary/aromatic N) is 2. The average molecular weight is 400 g/mol. The van der Waals surface area contributed by atoms with E-state index in [1.807, 2.05) is 60.7 Å². The number of carbonyl (C=O) groups excluding carboxylic acids is 1. The van der Waals surface area contributed by atoms with Crippen molar-refractivity contribution < 1.29 is 4.79 Å². The summed E-state index contributed by atoms with van der Waals surface area (Å²) in [6, 6.07) is 21.0. The monoisotopic (exact) mass is 400 g/mol. The number of pyridine rings is 1. The van der Waals surface area contributed by atoms with E-state index < -0.39 is 11.2 Å². The lowest BCUT2D eigenvalue weighted by Gasteiger charge is -2.23. The molecule has 0 atom stereocenters. The van der Waals surface area contributed by atoms with E-state index in [9.17, 15) is 14.4 Å². The quantitative estimate of drug-likeness (QED) is 0.538. The van der Waals surface area contributed by atoms with Crippen molar-refractivity contribution in [2.45, 2.75) is 20.0 Å². The van der Waals surface area contributed by atoms with Gasteiger partial charge in [-0.25, -0.2) is 9.78 Å². The van der Waals surface area contributed by atoms with Crippen molar-refractivity contribution >= 4 is 16.9 Å². The number of aryl methyl sites for hydroxylation is 1. The predicted octanol–water partition coefficient (Wildman–Crippen LogP) is 2.76. The van der Waals surface area contributed by atoms with Crippen LogP contribution in [0.5, 0.6) is 0 Å². The Morgan fingerprint density at radius 2 is 1.47 bits per heavy atom. The zero-order valence-corrected chi connectivity index (χ0v) is 16.4. The van der Waals surface area contributed by atoms with Gasteiger partial charge in [0.05, 0.1) is 5.39 Å². The molecule has 150 valence electrons. The molecule has 7 nitrogen and oxygen atoms in total. The number of aromatic nitrogens is 3. The topological polar surface area (TPSA) is 98.9 Å². The van der Waals surface area contributed by atoms with Gasteiger partial charge in [-0.3, -0.25) is 19.6 Å². The lowest BCUT2D eigenvalue weighted by Crippen LogP contribution is -2.31. The van der Waals surface area contributed by atoms with E-state index in [0.29, 0.717) is 18.7 Å². The number of hydrogen-bond acceptors (Lipinski definition) is 4. The number of rotatable bonds is 5. The smallest absolute Gasteiger partial charge is 0.327 e. The van der Waals surface area contributed by atoms with E-state index >= 15 is 0 Å². The van der Waals surface area contributed by atoms with Crippen LogP contribution in [0.25, 0.3) is 11.0 Å². The summed E-state index contributed by atoms with van der Waals surface area (Å²) in [5.41, 5.74) is 1.64. The second-order valence-corrected chi connectivity index (χ2v) is 7.09. The highest BCUT2D eigenvalue weighted by Gasteiger charge is 2.20. The molecule has 0 aliphatic rings. The molecule has 0 aliphatic heterocycles. The molecule has 30 heavy (non-hydrogen) atoms. The largest absolute Gasteiger partial charge is 0.329 e. The van der Waals surface area contributed by atoms with E-state index in [0.717, 1.165) is 11.1 Å². The molecule has 7 heteroatoms. The molecular weight excluding hydrogens is 380 g/mol. The van der Waals surface area contributed by atoms with Crippen LogP contribution < -0.4 is 11.2 Å². The molecule has 0 radical (unpaired) electrons. The van der Waals surface area contributed by atoms with Gasteiger partial charge in [-0.05, 0) is 29.7 Å². The molecule has 0 saturated carbocycles. The van der Waals surface area contributed by atoms with Crippen LogP contribution in [0, 0.1) is 6.92 Å². The van der Waals surface area contributed by atoms with Crippen molar-refractivity contribution in [2.75, 3.05) is 0 Å². The maximum atomic E-state index is 13.4. The fraction of sp³-hybridized carbons (Fsp3) is 0.130. The van der Waals surface area contributed by atoms with Crippen molar-refractivity contribution in [3.8, 4) is 0 Å². The summed E-state index contributed by atoms with van der Waals surface area (Å²) in [6.07, 6.45) is 0. The number of benzene rings is 2. The zero-order chi connectivity index (χ0) is 21.1. The standard InChI is InChI=1S/C23H20N4O3/c1-15-12-18(24-20-19(15)21(28)26-23(30)25-20)22(29)27(13-16-8-4-2-5-9-16)14-17-10-6-3-7-11-17/h2-12H,13-14H2,1H3,(H2,24,25,26,28,30). The Morgan fingerprint density at radius 1 is 0.900 bits per heavy atom. The first-order chi connectivity index (χ1) is 14.5. The van der Waals surface area contributed by atoms with E-state index in [1.54, 1.807) is 17.9 Å². The number of hydrogen-bond donors (Lipinski definition) is 2. The third kappa shape index (κ3) is 4.05. The first kappa shape index (κ1) is 19.3. The molecule has 4 rings (SSSR count). The van der Waals surface area contributed by atoms with E-state index in [4.69, 9.17) is 0 Å². The van der Waals surface area contributed by atoms with Crippen LogP contribution in [-0.4, -0.2) is 25.8 Å². The molecule has 2 aromatic carbocycles. The van der Waals surface area contributed by atoms with Crippen molar-refractivity contribution in [3.63, 3.8) is 0 Å². The van der Waals surface area contributed by atoms with Gasteiger partial charge in [0.25, 0.3) is 11.5 Å². The number of carbonyl (C=O) groups is 1. The van der Waals surface area contributed by atoms with E-state index in [-0.39, 0.29) is 22.6 Å². The number of amides is 1. The summed E-state index contributed by atoms with van der Waals surface area (Å²) in [6.45, 7) is 2.52. The minimum atomic E-state index is -0.658. The van der Waals surface area contributed by atoms with Crippen LogP contribution in [-0.2, 0) is 13.1 Å². The number of fused-ring (bicyclic) bond motifs is 1. The van der Waals surface area contributed by atoms with Crippen LogP contribution in [0.2, 0.25) is 0 Å². The normalized spacial score (nSPS) is 10.8. The third-order valence-corrected chi connectivity index (χ3v) is 4.84. The molecule has 2 heterocycles. The van der Waals surface area contributed by atoms with Gasteiger partial charge in [0.15, 0.2) is 0 Å². The second-order valence-electron chi connectivity index (χ2n) is 7.09. The highest BCUT2D eigenvalue weighted by atomic mass is 16.2. The molecule has 0 aliphatic carbocycles. The van der Waals surface area contributed by atoms with Crippen LogP contribution >= 0.6 is 0 Å². The molecule has 0 spiro atoms. The number of H-pyrrole nitrogens is 2. The Balaban J connectivity index is 1.75. The highest BCUT2D eigenvalue weighted by Crippen LogP contribution is 2.17. The molecule has 0 unspecified atom stereocenters. The summed E-state index contributed by atoms with van der Waals surface area (Å²) in [5.74, 6) is -0.283. The molecule has 2 N–H and O–H groups in total. The third-order valence-electron chi connectivity index (χ3n) is 4.84. The predicted molar refractivity (Wildman–Crippen MR) is 114 cm³/mol. The average Bonchev–Trinajstić information content (AvgIpc) is 2.73. The van der Waals surface area contributed by atoms with Gasteiger partial charge in [0.1, 0.15) is 11.3 Å². The molecular formula is C23H20N4O3. The minimum absolute atomic E-state index is 0.103. The SMILES string of the molecule is Cc1cc(C(=O)N(Cc2ccccc2)Cc2ccccc2)nc2[nH]c(=O)[nH]c(=O)c12. The van der Waals surface area contributed by atoms with Gasteiger partial charge in [-0.2, -0.15) is 0 Å². The van der Waals surface area contributed by atoms with Gasteiger partial charge in [-0.15, -0.1) is 0 Å². The molecule has 4 aromatic rings. The first-order valence-corrected chi connectivity index (χ1v) is 9.52. The summed E-state index contributed by atoms with van der Waals surface area (Å²) < 4.78 is 0. The maximum absolute atomic E-state index is 13.4. The van der Waals surface area contributed by atoms with Crippen molar-refractivity contribution in [1.82, 2.24) is 19.9 Å². The van der Waals surface area contributed by atoms with Crippen LogP contribution in [0.3, 0.4) is 0 Å². The Labute approximate surface area is 172 Å². The van der Waals surface area contributed by atoms with Crippen molar-refractivity contribution in [1.29, 1.82) is 0 Å². The second kappa shape index (κ2) is 8.16. The number of aromatic amines is 2. The van der Waals surface area contributed by atoms with Gasteiger partial charge in [0, 0.05) is 13.1 Å². The summed E-state index contributed by atoms with van der Waals surface area (Å²) in [7, 11) is 0. The van der Waals surface area contributed by atoms with E-state index in [2.05, 4.69) is 15.0 Å². The van der Waals surface area contributed by atoms with Crippen LogP contribution in [0.4, 0.5) is 0 Å². The Morgan fingerprint density at radius 3 is 2.03 bits per heavy atom. The maximum Gasteiger partial charge on any atom is 0.327 e. The molecule has 2 aromatic heterocycles. The molecule has 0 fully saturated rings. The Kier molecular flexibility index (Phi) is 5.26. The van der Waals surface area contributed by atoms with Gasteiger partial charge in [-0.1, -0.05) is 60.7 Å².